The number of aryl methyl sites for hydroxylation is 1. The van der Waals surface area contributed by atoms with E-state index in [2.05, 4.69) is 5.32 Å². The van der Waals surface area contributed by atoms with Crippen molar-refractivity contribution in [3.63, 3.8) is 0 Å². The van der Waals surface area contributed by atoms with Gasteiger partial charge in [-0.2, -0.15) is 0 Å². The molecule has 0 saturated carbocycles. The third-order valence-corrected chi connectivity index (χ3v) is 7.15. The molecular weight excluding hydrogens is 460 g/mol. The van der Waals surface area contributed by atoms with Crippen LogP contribution in [0.4, 0.5) is 5.69 Å². The number of nitrogens with zero attached hydrogens (tertiary/aromatic N) is 1. The van der Waals surface area contributed by atoms with Crippen molar-refractivity contribution >= 4 is 23.5 Å². The highest BCUT2D eigenvalue weighted by atomic mass is 16.5. The Morgan fingerprint density at radius 2 is 1.67 bits per heavy atom. The number of methoxy groups -OCH3 is 2. The normalized spacial score (nSPS) is 25.1. The number of fused-ring (bicyclic) bond motifs is 1. The number of phenols is 1. The fraction of sp³-hybridized carbons (Fsp3) is 0.250. The van der Waals surface area contributed by atoms with Crippen molar-refractivity contribution in [1.29, 1.82) is 0 Å². The van der Waals surface area contributed by atoms with Gasteiger partial charge in [-0.05, 0) is 42.3 Å². The van der Waals surface area contributed by atoms with Crippen molar-refractivity contribution in [1.82, 2.24) is 5.32 Å². The van der Waals surface area contributed by atoms with Crippen LogP contribution in [0.2, 0.25) is 0 Å². The number of aromatic hydroxyl groups is 1. The molecule has 0 spiro atoms. The first kappa shape index (κ1) is 23.6. The van der Waals surface area contributed by atoms with Crippen LogP contribution >= 0.6 is 0 Å². The number of carbonyl (C=O) groups excluding carboxylic acids is 3. The van der Waals surface area contributed by atoms with Gasteiger partial charge in [0.15, 0.2) is 17.0 Å². The summed E-state index contributed by atoms with van der Waals surface area (Å²) in [5.41, 5.74) is 0.934. The van der Waals surface area contributed by atoms with Crippen molar-refractivity contribution in [2.45, 2.75) is 18.5 Å². The van der Waals surface area contributed by atoms with Crippen molar-refractivity contribution < 1.29 is 29.0 Å². The van der Waals surface area contributed by atoms with Crippen LogP contribution in [0.1, 0.15) is 22.7 Å². The molecule has 0 radical (unpaired) electrons. The molecule has 2 aliphatic rings. The lowest BCUT2D eigenvalue weighted by Crippen LogP contribution is -2.53. The minimum atomic E-state index is -1.61. The maximum atomic E-state index is 14.0. The molecule has 2 N–H and O–H groups in total. The summed E-state index contributed by atoms with van der Waals surface area (Å²) in [5, 5.41) is 13.5. The minimum absolute atomic E-state index is 0.0619. The second kappa shape index (κ2) is 8.80. The third kappa shape index (κ3) is 3.37. The highest BCUT2D eigenvalue weighted by molar-refractivity contribution is 6.24. The van der Waals surface area contributed by atoms with E-state index in [1.165, 1.54) is 25.2 Å². The van der Waals surface area contributed by atoms with Gasteiger partial charge in [0.25, 0.3) is 0 Å². The van der Waals surface area contributed by atoms with E-state index >= 15 is 0 Å². The number of hydrogen-bond donors (Lipinski definition) is 2. The third-order valence-electron chi connectivity index (χ3n) is 7.15. The van der Waals surface area contributed by atoms with Crippen molar-refractivity contribution in [2.75, 3.05) is 19.1 Å². The van der Waals surface area contributed by atoms with Crippen LogP contribution in [0.15, 0.2) is 72.8 Å². The summed E-state index contributed by atoms with van der Waals surface area (Å²) in [4.78, 5) is 42.7. The number of imide groups is 1. The molecule has 8 heteroatoms. The number of carbonyl (C=O) groups is 3. The monoisotopic (exact) mass is 486 g/mol. The lowest BCUT2D eigenvalue weighted by atomic mass is 9.75. The van der Waals surface area contributed by atoms with Crippen LogP contribution in [-0.4, -0.2) is 37.1 Å². The molecule has 0 unspecified atom stereocenters. The molecule has 2 aliphatic heterocycles. The summed E-state index contributed by atoms with van der Waals surface area (Å²) in [7, 11) is 2.69. The average Bonchev–Trinajstić information content (AvgIpc) is 3.39. The standard InChI is InChI=1S/C28H26N2O6/c1-16-9-12-19(13-10-16)30-25(32)22-23(26(30)33)28(27(34)36-3,18-7-5-4-6-8-18)29-24(22)17-11-14-20(31)21(15-17)35-2/h4-15,22-24,29,31H,1-3H3/t22-,23-,24+,28+/m0/s1. The fourth-order valence-electron chi connectivity index (χ4n) is 5.46. The van der Waals surface area contributed by atoms with Gasteiger partial charge in [0.2, 0.25) is 11.8 Å². The van der Waals surface area contributed by atoms with E-state index in [1.54, 1.807) is 48.5 Å². The van der Waals surface area contributed by atoms with E-state index < -0.39 is 41.2 Å². The fourth-order valence-corrected chi connectivity index (χ4v) is 5.46. The molecule has 2 fully saturated rings. The van der Waals surface area contributed by atoms with Gasteiger partial charge in [-0.3, -0.25) is 14.9 Å². The van der Waals surface area contributed by atoms with Gasteiger partial charge in [0.05, 0.1) is 31.7 Å². The highest BCUT2D eigenvalue weighted by Gasteiger charge is 2.69. The van der Waals surface area contributed by atoms with E-state index in [0.717, 1.165) is 5.56 Å². The average molecular weight is 487 g/mol. The Balaban J connectivity index is 1.73. The number of esters is 1. The van der Waals surface area contributed by atoms with Gasteiger partial charge in [0, 0.05) is 6.04 Å². The SMILES string of the molecule is COC(=O)[C@]1(c2ccccc2)N[C@H](c2ccc(O)c(OC)c2)[C@H]2C(=O)N(c3ccc(C)cc3)C(=O)[C@H]21. The second-order valence-corrected chi connectivity index (χ2v) is 9.07. The molecule has 0 bridgehead atoms. The van der Waals surface area contributed by atoms with Crippen molar-refractivity contribution in [2.24, 2.45) is 11.8 Å². The van der Waals surface area contributed by atoms with Crippen LogP contribution < -0.4 is 15.0 Å². The topological polar surface area (TPSA) is 105 Å². The molecule has 2 saturated heterocycles. The smallest absolute Gasteiger partial charge is 0.331 e. The Bertz CT molecular complexity index is 1340. The van der Waals surface area contributed by atoms with Gasteiger partial charge in [-0.25, -0.2) is 9.69 Å². The quantitative estimate of drug-likeness (QED) is 0.421. The molecule has 184 valence electrons. The van der Waals surface area contributed by atoms with Gasteiger partial charge in [-0.15, -0.1) is 0 Å². The molecule has 2 amide bonds. The lowest BCUT2D eigenvalue weighted by Gasteiger charge is -2.33. The summed E-state index contributed by atoms with van der Waals surface area (Å²) >= 11 is 0. The Labute approximate surface area is 208 Å². The molecule has 36 heavy (non-hydrogen) atoms. The number of nitrogens with one attached hydrogen (secondary N) is 1. The zero-order chi connectivity index (χ0) is 25.6. The molecule has 0 aromatic heterocycles. The molecule has 3 aromatic rings. The molecule has 3 aromatic carbocycles. The number of phenolic OH excluding ortho intramolecular Hbond substituents is 1. The molecule has 8 nitrogen and oxygen atoms in total. The van der Waals surface area contributed by atoms with E-state index in [0.29, 0.717) is 16.8 Å². The van der Waals surface area contributed by atoms with E-state index in [9.17, 15) is 19.5 Å². The van der Waals surface area contributed by atoms with E-state index in [-0.39, 0.29) is 11.5 Å². The first-order valence-electron chi connectivity index (χ1n) is 11.6. The second-order valence-electron chi connectivity index (χ2n) is 9.07. The van der Waals surface area contributed by atoms with E-state index in [1.807, 2.05) is 25.1 Å². The van der Waals surface area contributed by atoms with Crippen LogP contribution in [0.5, 0.6) is 11.5 Å². The summed E-state index contributed by atoms with van der Waals surface area (Å²) in [5.74, 6) is -3.38. The van der Waals surface area contributed by atoms with Gasteiger partial charge < -0.3 is 14.6 Å². The number of ether oxygens (including phenoxy) is 2. The van der Waals surface area contributed by atoms with Crippen molar-refractivity contribution in [3.05, 3.63) is 89.5 Å². The zero-order valence-electron chi connectivity index (χ0n) is 20.1. The summed E-state index contributed by atoms with van der Waals surface area (Å²) in [6.07, 6.45) is 0. The number of amides is 2. The largest absolute Gasteiger partial charge is 0.504 e. The minimum Gasteiger partial charge on any atom is -0.504 e. The molecule has 5 rings (SSSR count). The summed E-state index contributed by atoms with van der Waals surface area (Å²) in [6, 6.07) is 19.9. The first-order valence-corrected chi connectivity index (χ1v) is 11.6. The Hall–Kier alpha value is -4.17. The zero-order valence-corrected chi connectivity index (χ0v) is 20.1. The number of hydrogen-bond acceptors (Lipinski definition) is 7. The van der Waals surface area contributed by atoms with Crippen LogP contribution in [0, 0.1) is 18.8 Å². The lowest BCUT2D eigenvalue weighted by molar-refractivity contribution is -0.152. The van der Waals surface area contributed by atoms with Gasteiger partial charge in [0.1, 0.15) is 0 Å². The van der Waals surface area contributed by atoms with Gasteiger partial charge >= 0.3 is 5.97 Å². The molecule has 4 atom stereocenters. The predicted octanol–water partition coefficient (Wildman–Crippen LogP) is 3.23. The highest BCUT2D eigenvalue weighted by Crippen LogP contribution is 2.54. The Morgan fingerprint density at radius 3 is 2.31 bits per heavy atom. The first-order chi connectivity index (χ1) is 17.3. The van der Waals surface area contributed by atoms with Crippen LogP contribution in [-0.2, 0) is 24.7 Å². The van der Waals surface area contributed by atoms with Crippen molar-refractivity contribution in [3.8, 4) is 11.5 Å². The predicted molar refractivity (Wildman–Crippen MR) is 131 cm³/mol. The van der Waals surface area contributed by atoms with E-state index in [4.69, 9.17) is 9.47 Å². The molecule has 0 aliphatic carbocycles. The van der Waals surface area contributed by atoms with Crippen LogP contribution in [0.3, 0.4) is 0 Å². The summed E-state index contributed by atoms with van der Waals surface area (Å²) < 4.78 is 10.5. The van der Waals surface area contributed by atoms with Crippen LogP contribution in [0.25, 0.3) is 0 Å². The van der Waals surface area contributed by atoms with Gasteiger partial charge in [-0.1, -0.05) is 54.1 Å². The number of anilines is 1. The molecular formula is C28H26N2O6. The summed E-state index contributed by atoms with van der Waals surface area (Å²) in [6.45, 7) is 1.92. The Morgan fingerprint density at radius 1 is 0.972 bits per heavy atom. The maximum absolute atomic E-state index is 14.0. The molecule has 2 heterocycles. The number of rotatable bonds is 5. The maximum Gasteiger partial charge on any atom is 0.331 e. The Kier molecular flexibility index (Phi) is 5.76. The number of benzene rings is 3.